The van der Waals surface area contributed by atoms with Gasteiger partial charge in [0.25, 0.3) is 0 Å². The van der Waals surface area contributed by atoms with E-state index in [2.05, 4.69) is 249 Å². The van der Waals surface area contributed by atoms with Gasteiger partial charge in [-0.3, -0.25) is 0 Å². The Morgan fingerprint density at radius 1 is 0.250 bits per heavy atom. The maximum atomic E-state index is 11.3. The second-order valence-electron chi connectivity index (χ2n) is 21.3. The van der Waals surface area contributed by atoms with Crippen LogP contribution in [0.3, 0.4) is 0 Å². The van der Waals surface area contributed by atoms with E-state index in [0.717, 1.165) is 110 Å². The van der Waals surface area contributed by atoms with Crippen LogP contribution >= 0.6 is 0 Å². The summed E-state index contributed by atoms with van der Waals surface area (Å²) >= 11 is 0. The minimum absolute atomic E-state index is 0.126. The predicted octanol–water partition coefficient (Wildman–Crippen LogP) is 21.4. The highest BCUT2D eigenvalue weighted by Gasteiger charge is 2.26. The Hall–Kier alpha value is -10.2. The Labute approximate surface area is 463 Å². The number of furan rings is 1. The van der Waals surface area contributed by atoms with Gasteiger partial charge in [0.15, 0.2) is 0 Å². The van der Waals surface area contributed by atoms with E-state index in [9.17, 15) is 10.2 Å². The summed E-state index contributed by atoms with van der Waals surface area (Å²) < 4.78 is 6.79. The molecule has 0 bridgehead atoms. The first-order valence-corrected chi connectivity index (χ1v) is 27.4. The molecule has 15 aromatic rings. The van der Waals surface area contributed by atoms with Crippen LogP contribution in [0.5, 0.6) is 11.5 Å². The summed E-state index contributed by atoms with van der Waals surface area (Å²) in [6.45, 7) is 5.67. The number of hydrogen-bond donors (Lipinski definition) is 2. The lowest BCUT2D eigenvalue weighted by Crippen LogP contribution is -1.97. The van der Waals surface area contributed by atoms with Crippen LogP contribution in [0.25, 0.3) is 154 Å². The van der Waals surface area contributed by atoms with Gasteiger partial charge in [0.1, 0.15) is 22.7 Å². The summed E-state index contributed by atoms with van der Waals surface area (Å²) in [7, 11) is 0. The summed E-state index contributed by atoms with van der Waals surface area (Å²) in [5.74, 6) is 0.251. The molecule has 0 saturated carbocycles. The van der Waals surface area contributed by atoms with Crippen molar-refractivity contribution in [2.75, 3.05) is 0 Å². The van der Waals surface area contributed by atoms with E-state index in [1.807, 2.05) is 13.8 Å². The first-order valence-electron chi connectivity index (χ1n) is 27.4. The van der Waals surface area contributed by atoms with Crippen LogP contribution in [0, 0.1) is 20.8 Å². The van der Waals surface area contributed by atoms with E-state index in [1.165, 1.54) is 54.6 Å². The van der Waals surface area contributed by atoms with Gasteiger partial charge in [0, 0.05) is 21.9 Å². The molecule has 0 aliphatic carbocycles. The number of benzene rings is 14. The van der Waals surface area contributed by atoms with E-state index in [-0.39, 0.29) is 11.5 Å². The molecular weight excluding hydrogens is 973 g/mol. The fraction of sp³-hybridized carbons (Fsp3) is 0.0390. The zero-order chi connectivity index (χ0) is 53.8. The van der Waals surface area contributed by atoms with Crippen LogP contribution in [-0.2, 0) is 0 Å². The van der Waals surface area contributed by atoms with Crippen molar-refractivity contribution < 1.29 is 14.6 Å². The van der Waals surface area contributed by atoms with Gasteiger partial charge in [0.05, 0.1) is 0 Å². The quantitative estimate of drug-likeness (QED) is 0.156. The lowest BCUT2D eigenvalue weighted by molar-refractivity contribution is 0.438. The van der Waals surface area contributed by atoms with Crippen molar-refractivity contribution in [1.29, 1.82) is 0 Å². The van der Waals surface area contributed by atoms with Gasteiger partial charge in [-0.1, -0.05) is 237 Å². The third kappa shape index (κ3) is 7.14. The van der Waals surface area contributed by atoms with E-state index in [0.29, 0.717) is 5.56 Å². The zero-order valence-electron chi connectivity index (χ0n) is 44.5. The van der Waals surface area contributed by atoms with Gasteiger partial charge < -0.3 is 14.6 Å². The molecule has 2 N–H and O–H groups in total. The van der Waals surface area contributed by atoms with Crippen LogP contribution in [0.4, 0.5) is 0 Å². The van der Waals surface area contributed by atoms with Gasteiger partial charge in [-0.05, 0) is 170 Å². The Morgan fingerprint density at radius 2 is 0.650 bits per heavy atom. The van der Waals surface area contributed by atoms with Crippen molar-refractivity contribution >= 4 is 75.8 Å². The van der Waals surface area contributed by atoms with Crippen molar-refractivity contribution in [1.82, 2.24) is 0 Å². The molecule has 0 unspecified atom stereocenters. The second-order valence-corrected chi connectivity index (χ2v) is 21.3. The third-order valence-corrected chi connectivity index (χ3v) is 17.0. The minimum Gasteiger partial charge on any atom is -0.507 e. The molecule has 0 aliphatic heterocycles. The Bertz CT molecular complexity index is 4900. The van der Waals surface area contributed by atoms with Gasteiger partial charge in [-0.15, -0.1) is 0 Å². The van der Waals surface area contributed by atoms with Crippen molar-refractivity contribution in [2.45, 2.75) is 20.8 Å². The summed E-state index contributed by atoms with van der Waals surface area (Å²) in [6.07, 6.45) is 0. The highest BCUT2D eigenvalue weighted by molar-refractivity contribution is 6.27. The Kier molecular flexibility index (Phi) is 10.9. The fourth-order valence-corrected chi connectivity index (χ4v) is 13.4. The number of phenols is 2. The number of aromatic hydroxyl groups is 2. The normalized spacial score (nSPS) is 11.8. The predicted molar refractivity (Wildman–Crippen MR) is 337 cm³/mol. The van der Waals surface area contributed by atoms with Gasteiger partial charge >= 0.3 is 0 Å². The number of fused-ring (bicyclic) bond motifs is 8. The molecule has 0 spiro atoms. The highest BCUT2D eigenvalue weighted by atomic mass is 16.3. The van der Waals surface area contributed by atoms with Crippen molar-refractivity contribution in [3.63, 3.8) is 0 Å². The van der Waals surface area contributed by atoms with E-state index in [1.54, 1.807) is 6.92 Å². The number of para-hydroxylation sites is 1. The third-order valence-electron chi connectivity index (χ3n) is 17.0. The standard InChI is InChI=1S/C77H52O3/c1-45-69(46(2)76(79)47(3)75(45)78)74-63-32-15-13-30-61(63)71(62-31-14-16-33-64(62)74)65-43-42-53(55-24-7-8-25-56(55)65)50-40-38-48(39-41-50)51-22-17-23-52(44-51)70-57-26-9-11-28-59(57)72(60-29-12-10-27-58(60)70)66-35-19-37-68-73(66)67-36-18-34-54(77(67)80-68)49-20-5-4-6-21-49/h4-44,78-79H,1-3H3. The molecular formula is C77H52O3. The van der Waals surface area contributed by atoms with Crippen molar-refractivity contribution in [3.8, 4) is 89.4 Å². The molecule has 378 valence electrons. The minimum atomic E-state index is 0.126. The van der Waals surface area contributed by atoms with Crippen LogP contribution < -0.4 is 0 Å². The Balaban J connectivity index is 0.832. The first kappa shape index (κ1) is 47.0. The van der Waals surface area contributed by atoms with Crippen LogP contribution in [0.1, 0.15) is 16.7 Å². The molecule has 0 aliphatic rings. The average Bonchev–Trinajstić information content (AvgIpc) is 3.98. The van der Waals surface area contributed by atoms with E-state index >= 15 is 0 Å². The molecule has 14 aromatic carbocycles. The van der Waals surface area contributed by atoms with Gasteiger partial charge in [0.2, 0.25) is 0 Å². The summed E-state index contributed by atoms with van der Waals surface area (Å²) in [5.41, 5.74) is 19.6. The lowest BCUT2D eigenvalue weighted by Gasteiger charge is -2.22. The molecule has 3 nitrogen and oxygen atoms in total. The molecule has 0 fully saturated rings. The summed E-state index contributed by atoms with van der Waals surface area (Å²) in [5, 5.41) is 36.3. The lowest BCUT2D eigenvalue weighted by atomic mass is 9.81. The molecule has 80 heavy (non-hydrogen) atoms. The van der Waals surface area contributed by atoms with Crippen LogP contribution in [-0.4, -0.2) is 10.2 Å². The fourth-order valence-electron chi connectivity index (χ4n) is 13.4. The first-order chi connectivity index (χ1) is 39.3. The number of hydrogen-bond acceptors (Lipinski definition) is 3. The zero-order valence-corrected chi connectivity index (χ0v) is 44.5. The van der Waals surface area contributed by atoms with Gasteiger partial charge in [-0.25, -0.2) is 0 Å². The highest BCUT2D eigenvalue weighted by Crippen LogP contribution is 2.52. The largest absolute Gasteiger partial charge is 0.507 e. The van der Waals surface area contributed by atoms with Crippen LogP contribution in [0.2, 0.25) is 0 Å². The molecule has 0 atom stereocenters. The molecule has 0 amide bonds. The Morgan fingerprint density at radius 3 is 1.24 bits per heavy atom. The molecule has 3 heteroatoms. The summed E-state index contributed by atoms with van der Waals surface area (Å²) in [6, 6.07) is 89.9. The smallest absolute Gasteiger partial charge is 0.143 e. The molecule has 1 aromatic heterocycles. The van der Waals surface area contributed by atoms with Gasteiger partial charge in [-0.2, -0.15) is 0 Å². The van der Waals surface area contributed by atoms with E-state index < -0.39 is 0 Å². The van der Waals surface area contributed by atoms with Crippen LogP contribution in [0.15, 0.2) is 253 Å². The summed E-state index contributed by atoms with van der Waals surface area (Å²) in [4.78, 5) is 0. The second kappa shape index (κ2) is 18.5. The monoisotopic (exact) mass is 1020 g/mol. The molecule has 0 radical (unpaired) electrons. The maximum Gasteiger partial charge on any atom is 0.143 e. The average molecular weight is 1030 g/mol. The topological polar surface area (TPSA) is 53.6 Å². The molecule has 0 saturated heterocycles. The molecule has 15 rings (SSSR count). The van der Waals surface area contributed by atoms with E-state index in [4.69, 9.17) is 4.42 Å². The number of rotatable bonds is 7. The molecule has 1 heterocycles. The number of phenolic OH excluding ortho intramolecular Hbond substituents is 2. The van der Waals surface area contributed by atoms with Crippen molar-refractivity contribution in [2.24, 2.45) is 0 Å². The van der Waals surface area contributed by atoms with Crippen molar-refractivity contribution in [3.05, 3.63) is 265 Å². The SMILES string of the molecule is Cc1c(O)c(C)c(-c2c3ccccc3c(-c3ccc(-c4ccc(-c5cccc(-c6c7ccccc7c(-c7cccc8oc9c(-c%10ccccc%10)cccc9c78)c7ccccc67)c5)cc4)c4ccccc34)c3ccccc23)c(C)c1O. The maximum absolute atomic E-state index is 11.3.